The van der Waals surface area contributed by atoms with E-state index in [9.17, 15) is 8.42 Å². The van der Waals surface area contributed by atoms with E-state index in [0.717, 1.165) is 12.3 Å². The van der Waals surface area contributed by atoms with Crippen molar-refractivity contribution >= 4 is 33.2 Å². The minimum Gasteiger partial charge on any atom is -0.211 e. The zero-order valence-corrected chi connectivity index (χ0v) is 13.3. The van der Waals surface area contributed by atoms with E-state index in [2.05, 4.69) is 4.72 Å². The zero-order valence-electron chi connectivity index (χ0n) is 11.0. The van der Waals surface area contributed by atoms with E-state index in [-0.39, 0.29) is 9.92 Å². The average molecular weight is 334 g/mol. The highest BCUT2D eigenvalue weighted by Gasteiger charge is 2.39. The lowest BCUT2D eigenvalue weighted by atomic mass is 9.89. The normalized spacial score (nSPS) is 29.0. The van der Waals surface area contributed by atoms with Crippen LogP contribution in [0.25, 0.3) is 0 Å². The summed E-state index contributed by atoms with van der Waals surface area (Å²) in [5.41, 5.74) is 0. The van der Waals surface area contributed by atoms with Gasteiger partial charge in [-0.05, 0) is 55.2 Å². The van der Waals surface area contributed by atoms with E-state index >= 15 is 0 Å². The van der Waals surface area contributed by atoms with Gasteiger partial charge >= 0.3 is 0 Å². The molecule has 0 aromatic heterocycles. The van der Waals surface area contributed by atoms with Gasteiger partial charge in [0.15, 0.2) is 0 Å². The van der Waals surface area contributed by atoms with Gasteiger partial charge in [-0.2, -0.15) is 0 Å². The first-order chi connectivity index (χ1) is 9.45. The summed E-state index contributed by atoms with van der Waals surface area (Å²) in [6.07, 6.45) is 4.98. The fourth-order valence-corrected chi connectivity index (χ4v) is 5.46. The number of fused-ring (bicyclic) bond motifs is 2. The van der Waals surface area contributed by atoms with Crippen LogP contribution in [0.2, 0.25) is 10.0 Å². The molecule has 2 aliphatic carbocycles. The van der Waals surface area contributed by atoms with Crippen molar-refractivity contribution in [1.82, 2.24) is 4.72 Å². The Morgan fingerprint density at radius 2 is 2.00 bits per heavy atom. The molecule has 20 heavy (non-hydrogen) atoms. The summed E-state index contributed by atoms with van der Waals surface area (Å²) in [5, 5.41) is 0.574. The topological polar surface area (TPSA) is 46.2 Å². The van der Waals surface area contributed by atoms with Gasteiger partial charge in [-0.1, -0.05) is 29.6 Å². The molecule has 0 heterocycles. The number of sulfonamides is 1. The van der Waals surface area contributed by atoms with E-state index in [1.54, 1.807) is 6.07 Å². The van der Waals surface area contributed by atoms with Gasteiger partial charge in [0.05, 0.1) is 5.02 Å². The maximum absolute atomic E-state index is 12.3. The van der Waals surface area contributed by atoms with Crippen molar-refractivity contribution in [2.75, 3.05) is 6.54 Å². The second kappa shape index (κ2) is 5.48. The van der Waals surface area contributed by atoms with Crippen molar-refractivity contribution in [3.63, 3.8) is 0 Å². The molecule has 3 nitrogen and oxygen atoms in total. The molecule has 110 valence electrons. The third-order valence-corrected chi connectivity index (χ3v) is 6.74. The Kier molecular flexibility index (Phi) is 4.01. The quantitative estimate of drug-likeness (QED) is 0.912. The summed E-state index contributed by atoms with van der Waals surface area (Å²) in [5.74, 6) is 1.98. The molecule has 2 bridgehead atoms. The molecule has 6 heteroatoms. The summed E-state index contributed by atoms with van der Waals surface area (Å²) < 4.78 is 27.3. The average Bonchev–Trinajstić information content (AvgIpc) is 3.01. The van der Waals surface area contributed by atoms with E-state index in [0.29, 0.717) is 23.4 Å². The van der Waals surface area contributed by atoms with Crippen LogP contribution in [0, 0.1) is 17.8 Å². The molecule has 0 aliphatic heterocycles. The van der Waals surface area contributed by atoms with Crippen molar-refractivity contribution in [3.8, 4) is 0 Å². The number of nitrogens with one attached hydrogen (secondary N) is 1. The second-order valence-electron chi connectivity index (χ2n) is 5.86. The van der Waals surface area contributed by atoms with Gasteiger partial charge in [-0.3, -0.25) is 0 Å². The molecule has 3 rings (SSSR count). The Hall–Kier alpha value is -0.290. The molecule has 0 spiro atoms. The molecule has 2 saturated carbocycles. The number of hydrogen-bond acceptors (Lipinski definition) is 2. The van der Waals surface area contributed by atoms with E-state index < -0.39 is 10.0 Å². The van der Waals surface area contributed by atoms with Crippen molar-refractivity contribution in [1.29, 1.82) is 0 Å². The number of benzene rings is 1. The zero-order chi connectivity index (χ0) is 14.3. The van der Waals surface area contributed by atoms with Crippen molar-refractivity contribution in [2.45, 2.75) is 30.6 Å². The standard InChI is InChI=1S/C14H17Cl2NO2S/c15-12-3-4-13(16)14(7-12)20(18,19)17-8-11-6-9-1-2-10(11)5-9/h3-4,7,9-11,17H,1-2,5-6,8H2/t9-,10-,11+/m1/s1. The summed E-state index contributed by atoms with van der Waals surface area (Å²) in [7, 11) is -3.58. The van der Waals surface area contributed by atoms with Gasteiger partial charge < -0.3 is 0 Å². The number of hydrogen-bond donors (Lipinski definition) is 1. The Balaban J connectivity index is 1.71. The molecule has 1 N–H and O–H groups in total. The molecule has 1 aromatic carbocycles. The van der Waals surface area contributed by atoms with Crippen LogP contribution >= 0.6 is 23.2 Å². The van der Waals surface area contributed by atoms with Gasteiger partial charge in [0.25, 0.3) is 0 Å². The third-order valence-electron chi connectivity index (χ3n) is 4.60. The lowest BCUT2D eigenvalue weighted by molar-refractivity contribution is 0.333. The third kappa shape index (κ3) is 2.84. The summed E-state index contributed by atoms with van der Waals surface area (Å²) in [6.45, 7) is 0.506. The van der Waals surface area contributed by atoms with E-state index in [4.69, 9.17) is 23.2 Å². The molecule has 2 fully saturated rings. The molecule has 0 radical (unpaired) electrons. The van der Waals surface area contributed by atoms with Crippen LogP contribution < -0.4 is 4.72 Å². The maximum Gasteiger partial charge on any atom is 0.242 e. The van der Waals surface area contributed by atoms with Crippen LogP contribution in [0.15, 0.2) is 23.1 Å². The van der Waals surface area contributed by atoms with Crippen molar-refractivity contribution in [2.24, 2.45) is 17.8 Å². The molecule has 0 unspecified atom stereocenters. The van der Waals surface area contributed by atoms with Crippen LogP contribution in [0.1, 0.15) is 25.7 Å². The Bertz CT molecular complexity index is 618. The van der Waals surface area contributed by atoms with Crippen LogP contribution in [0.3, 0.4) is 0 Å². The molecule has 3 atom stereocenters. The predicted octanol–water partition coefficient (Wildman–Crippen LogP) is 3.71. The Morgan fingerprint density at radius 1 is 1.20 bits per heavy atom. The lowest BCUT2D eigenvalue weighted by Gasteiger charge is -2.21. The predicted molar refractivity (Wildman–Crippen MR) is 80.6 cm³/mol. The summed E-state index contributed by atoms with van der Waals surface area (Å²) in [4.78, 5) is 0.0647. The Morgan fingerprint density at radius 3 is 2.65 bits per heavy atom. The van der Waals surface area contributed by atoms with Crippen molar-refractivity contribution in [3.05, 3.63) is 28.2 Å². The first-order valence-electron chi connectivity index (χ1n) is 6.90. The molecular weight excluding hydrogens is 317 g/mol. The van der Waals surface area contributed by atoms with Gasteiger partial charge in [0.2, 0.25) is 10.0 Å². The largest absolute Gasteiger partial charge is 0.242 e. The smallest absolute Gasteiger partial charge is 0.211 e. The van der Waals surface area contributed by atoms with Gasteiger partial charge in [0, 0.05) is 11.6 Å². The highest BCUT2D eigenvalue weighted by molar-refractivity contribution is 7.89. The van der Waals surface area contributed by atoms with Crippen LogP contribution in [0.4, 0.5) is 0 Å². The van der Waals surface area contributed by atoms with Gasteiger partial charge in [-0.25, -0.2) is 13.1 Å². The molecule has 1 aromatic rings. The minimum atomic E-state index is -3.58. The maximum atomic E-state index is 12.3. The first-order valence-corrected chi connectivity index (χ1v) is 9.14. The molecule has 2 aliphatic rings. The minimum absolute atomic E-state index is 0.0647. The second-order valence-corrected chi connectivity index (χ2v) is 8.44. The van der Waals surface area contributed by atoms with Crippen LogP contribution in [0.5, 0.6) is 0 Å². The van der Waals surface area contributed by atoms with Crippen molar-refractivity contribution < 1.29 is 8.42 Å². The fourth-order valence-electron chi connectivity index (χ4n) is 3.60. The molecule has 0 amide bonds. The Labute approximate surface area is 129 Å². The number of rotatable bonds is 4. The SMILES string of the molecule is O=S(=O)(NC[C@@H]1C[C@@H]2CC[C@@H]1C2)c1cc(Cl)ccc1Cl. The monoisotopic (exact) mass is 333 g/mol. The van der Waals surface area contributed by atoms with E-state index in [1.165, 1.54) is 31.4 Å². The summed E-state index contributed by atoms with van der Waals surface area (Å²) in [6, 6.07) is 4.49. The highest BCUT2D eigenvalue weighted by Crippen LogP contribution is 2.48. The fraction of sp³-hybridized carbons (Fsp3) is 0.571. The lowest BCUT2D eigenvalue weighted by Crippen LogP contribution is -2.31. The highest BCUT2D eigenvalue weighted by atomic mass is 35.5. The van der Waals surface area contributed by atoms with Gasteiger partial charge in [0.1, 0.15) is 4.90 Å². The van der Waals surface area contributed by atoms with Crippen LogP contribution in [-0.2, 0) is 10.0 Å². The molecular formula is C14H17Cl2NO2S. The summed E-state index contributed by atoms with van der Waals surface area (Å²) >= 11 is 11.8. The van der Waals surface area contributed by atoms with E-state index in [1.807, 2.05) is 0 Å². The molecule has 0 saturated heterocycles. The van der Waals surface area contributed by atoms with Gasteiger partial charge in [-0.15, -0.1) is 0 Å². The first kappa shape index (κ1) is 14.6. The number of halogens is 2. The van der Waals surface area contributed by atoms with Crippen LogP contribution in [-0.4, -0.2) is 15.0 Å².